The molecule has 0 aliphatic heterocycles. The molecule has 0 fully saturated rings. The van der Waals surface area contributed by atoms with Crippen molar-refractivity contribution in [2.75, 3.05) is 0 Å². The van der Waals surface area contributed by atoms with Crippen LogP contribution in [0.1, 0.15) is 26.3 Å². The maximum atomic E-state index is 13.6. The molecule has 0 unspecified atom stereocenters. The quantitative estimate of drug-likeness (QED) is 0.250. The van der Waals surface area contributed by atoms with E-state index in [0.717, 1.165) is 5.56 Å². The van der Waals surface area contributed by atoms with Crippen LogP contribution in [0.25, 0.3) is 6.08 Å². The summed E-state index contributed by atoms with van der Waals surface area (Å²) in [5, 5.41) is 0.553. The summed E-state index contributed by atoms with van der Waals surface area (Å²) < 4.78 is 18.7. The number of ether oxygens (including phenoxy) is 1. The van der Waals surface area contributed by atoms with E-state index in [1.807, 2.05) is 12.1 Å². The molecule has 0 radical (unpaired) electrons. The third kappa shape index (κ3) is 4.68. The first-order chi connectivity index (χ1) is 13.0. The maximum absolute atomic E-state index is 13.6. The van der Waals surface area contributed by atoms with Crippen LogP contribution in [0.4, 0.5) is 4.39 Å². The third-order valence-corrected chi connectivity index (χ3v) is 4.11. The molecule has 3 aromatic rings. The van der Waals surface area contributed by atoms with E-state index in [1.165, 1.54) is 48.5 Å². The van der Waals surface area contributed by atoms with Gasteiger partial charge in [-0.25, -0.2) is 9.18 Å². The molecule has 0 saturated carbocycles. The van der Waals surface area contributed by atoms with Gasteiger partial charge in [-0.15, -0.1) is 0 Å². The fourth-order valence-corrected chi connectivity index (χ4v) is 2.55. The Hall–Kier alpha value is -3.24. The lowest BCUT2D eigenvalue weighted by atomic mass is 10.1. The lowest BCUT2D eigenvalue weighted by molar-refractivity contribution is 0.0730. The molecule has 0 N–H and O–H groups in total. The smallest absolute Gasteiger partial charge is 0.346 e. The van der Waals surface area contributed by atoms with Crippen LogP contribution in [0.3, 0.4) is 0 Å². The summed E-state index contributed by atoms with van der Waals surface area (Å²) in [4.78, 5) is 24.2. The number of ketones is 1. The fourth-order valence-electron chi connectivity index (χ4n) is 2.35. The van der Waals surface area contributed by atoms with Gasteiger partial charge in [-0.1, -0.05) is 41.9 Å². The summed E-state index contributed by atoms with van der Waals surface area (Å²) in [5.74, 6) is -1.46. The molecule has 0 aromatic heterocycles. The van der Waals surface area contributed by atoms with Gasteiger partial charge in [-0.2, -0.15) is 0 Å². The zero-order valence-electron chi connectivity index (χ0n) is 14.1. The second-order valence-corrected chi connectivity index (χ2v) is 6.02. The molecule has 5 heteroatoms. The Morgan fingerprint density at radius 3 is 2.26 bits per heavy atom. The van der Waals surface area contributed by atoms with Crippen molar-refractivity contribution in [1.29, 1.82) is 0 Å². The topological polar surface area (TPSA) is 43.4 Å². The first-order valence-electron chi connectivity index (χ1n) is 8.08. The van der Waals surface area contributed by atoms with Crippen molar-refractivity contribution in [2.24, 2.45) is 0 Å². The van der Waals surface area contributed by atoms with Gasteiger partial charge < -0.3 is 4.74 Å². The normalized spacial score (nSPS) is 10.7. The van der Waals surface area contributed by atoms with Crippen LogP contribution in [-0.4, -0.2) is 11.8 Å². The van der Waals surface area contributed by atoms with Crippen molar-refractivity contribution >= 4 is 29.4 Å². The molecule has 3 rings (SSSR count). The van der Waals surface area contributed by atoms with Gasteiger partial charge in [0.1, 0.15) is 11.6 Å². The molecule has 0 bridgehead atoms. The number of esters is 1. The maximum Gasteiger partial charge on any atom is 0.346 e. The first-order valence-corrected chi connectivity index (χ1v) is 8.46. The number of allylic oxidation sites excluding steroid dienone is 1. The van der Waals surface area contributed by atoms with Crippen LogP contribution in [0.2, 0.25) is 5.02 Å². The van der Waals surface area contributed by atoms with Crippen LogP contribution >= 0.6 is 11.6 Å². The van der Waals surface area contributed by atoms with Gasteiger partial charge in [0.2, 0.25) is 0 Å². The van der Waals surface area contributed by atoms with Crippen molar-refractivity contribution in [1.82, 2.24) is 0 Å². The van der Waals surface area contributed by atoms with Crippen LogP contribution in [0.15, 0.2) is 78.9 Å². The summed E-state index contributed by atoms with van der Waals surface area (Å²) in [5.41, 5.74) is 1.01. The lowest BCUT2D eigenvalue weighted by Gasteiger charge is -2.05. The minimum atomic E-state index is -0.800. The van der Waals surface area contributed by atoms with E-state index in [4.69, 9.17) is 16.3 Å². The second-order valence-electron chi connectivity index (χ2n) is 5.61. The molecule has 0 amide bonds. The molecule has 0 aliphatic carbocycles. The van der Waals surface area contributed by atoms with Crippen molar-refractivity contribution < 1.29 is 18.7 Å². The monoisotopic (exact) mass is 380 g/mol. The SMILES string of the molecule is O=C(/C=C/c1ccccc1Cl)c1ccc(OC(=O)c2ccccc2F)cc1. The highest BCUT2D eigenvalue weighted by Crippen LogP contribution is 2.18. The number of carbonyl (C=O) groups excluding carboxylic acids is 2. The summed E-state index contributed by atoms with van der Waals surface area (Å²) in [6.07, 6.45) is 3.05. The van der Waals surface area contributed by atoms with E-state index in [9.17, 15) is 14.0 Å². The van der Waals surface area contributed by atoms with Gasteiger partial charge in [0.05, 0.1) is 5.56 Å². The summed E-state index contributed by atoms with van der Waals surface area (Å²) in [6.45, 7) is 0. The molecule has 27 heavy (non-hydrogen) atoms. The standard InChI is InChI=1S/C22H14ClFO3/c23-19-7-3-1-5-15(19)11-14-21(25)16-9-12-17(13-10-16)27-22(26)18-6-2-4-8-20(18)24/h1-14H/b14-11+. The molecule has 134 valence electrons. The average molecular weight is 381 g/mol. The van der Waals surface area contributed by atoms with Gasteiger partial charge in [-0.05, 0) is 60.2 Å². The minimum Gasteiger partial charge on any atom is -0.423 e. The third-order valence-electron chi connectivity index (χ3n) is 3.76. The van der Waals surface area contributed by atoms with Crippen molar-refractivity contribution in [2.45, 2.75) is 0 Å². The number of hydrogen-bond donors (Lipinski definition) is 0. The van der Waals surface area contributed by atoms with Crippen LogP contribution in [0.5, 0.6) is 5.75 Å². The zero-order valence-corrected chi connectivity index (χ0v) is 14.8. The van der Waals surface area contributed by atoms with E-state index < -0.39 is 11.8 Å². The number of halogens is 2. The Labute approximate surface area is 160 Å². The predicted octanol–water partition coefficient (Wildman–Crippen LogP) is 5.59. The van der Waals surface area contributed by atoms with E-state index in [2.05, 4.69) is 0 Å². The minimum absolute atomic E-state index is 0.152. The molecule has 0 spiro atoms. The van der Waals surface area contributed by atoms with Crippen molar-refractivity contribution in [3.05, 3.63) is 106 Å². The largest absolute Gasteiger partial charge is 0.423 e. The zero-order chi connectivity index (χ0) is 19.2. The van der Waals surface area contributed by atoms with E-state index in [-0.39, 0.29) is 17.1 Å². The van der Waals surface area contributed by atoms with E-state index >= 15 is 0 Å². The summed E-state index contributed by atoms with van der Waals surface area (Å²) >= 11 is 6.05. The number of rotatable bonds is 5. The first kappa shape index (κ1) is 18.5. The van der Waals surface area contributed by atoms with Gasteiger partial charge in [0, 0.05) is 10.6 Å². The summed E-state index contributed by atoms with van der Waals surface area (Å²) in [6, 6.07) is 18.8. The van der Waals surface area contributed by atoms with Crippen LogP contribution in [0, 0.1) is 5.82 Å². The van der Waals surface area contributed by atoms with Crippen LogP contribution in [-0.2, 0) is 0 Å². The van der Waals surface area contributed by atoms with Crippen LogP contribution < -0.4 is 4.74 Å². The molecule has 3 nitrogen and oxygen atoms in total. The van der Waals surface area contributed by atoms with E-state index in [0.29, 0.717) is 10.6 Å². The Morgan fingerprint density at radius 2 is 1.56 bits per heavy atom. The fraction of sp³-hybridized carbons (Fsp3) is 0. The molecule has 0 heterocycles. The number of carbonyl (C=O) groups is 2. The van der Waals surface area contributed by atoms with Gasteiger partial charge >= 0.3 is 5.97 Å². The predicted molar refractivity (Wildman–Crippen MR) is 103 cm³/mol. The van der Waals surface area contributed by atoms with Crippen molar-refractivity contribution in [3.63, 3.8) is 0 Å². The van der Waals surface area contributed by atoms with Gasteiger partial charge in [0.15, 0.2) is 5.78 Å². The highest BCUT2D eigenvalue weighted by atomic mass is 35.5. The number of hydrogen-bond acceptors (Lipinski definition) is 3. The average Bonchev–Trinajstić information content (AvgIpc) is 2.68. The second kappa shape index (κ2) is 8.43. The Morgan fingerprint density at radius 1 is 0.889 bits per heavy atom. The van der Waals surface area contributed by atoms with Crippen molar-refractivity contribution in [3.8, 4) is 5.75 Å². The molecular weight excluding hydrogens is 367 g/mol. The van der Waals surface area contributed by atoms with Gasteiger partial charge in [-0.3, -0.25) is 4.79 Å². The Bertz CT molecular complexity index is 1010. The Kier molecular flexibility index (Phi) is 5.79. The molecular formula is C22H14ClFO3. The van der Waals surface area contributed by atoms with E-state index in [1.54, 1.807) is 24.3 Å². The molecule has 0 aliphatic rings. The molecule has 0 atom stereocenters. The van der Waals surface area contributed by atoms with Gasteiger partial charge in [0.25, 0.3) is 0 Å². The number of benzene rings is 3. The Balaban J connectivity index is 1.68. The lowest BCUT2D eigenvalue weighted by Crippen LogP contribution is -2.10. The molecule has 3 aromatic carbocycles. The highest BCUT2D eigenvalue weighted by molar-refractivity contribution is 6.32. The highest BCUT2D eigenvalue weighted by Gasteiger charge is 2.13. The summed E-state index contributed by atoms with van der Waals surface area (Å²) in [7, 11) is 0. The molecule has 0 saturated heterocycles.